The molecule has 1 aromatic rings. The number of benzene rings is 1. The van der Waals surface area contributed by atoms with Gasteiger partial charge in [0.2, 0.25) is 0 Å². The Morgan fingerprint density at radius 3 is 2.90 bits per heavy atom. The molecule has 0 amide bonds. The summed E-state index contributed by atoms with van der Waals surface area (Å²) in [6.45, 7) is 1.37. The predicted molar refractivity (Wildman–Crippen MR) is 81.1 cm³/mol. The number of halogens is 2. The van der Waals surface area contributed by atoms with E-state index in [0.29, 0.717) is 18.2 Å². The molecule has 110 valence electrons. The van der Waals surface area contributed by atoms with Crippen LogP contribution in [0.1, 0.15) is 44.1 Å². The van der Waals surface area contributed by atoms with Crippen molar-refractivity contribution in [3.05, 3.63) is 34.1 Å². The van der Waals surface area contributed by atoms with E-state index in [9.17, 15) is 4.39 Å². The molecule has 1 atom stereocenters. The van der Waals surface area contributed by atoms with Crippen molar-refractivity contribution in [1.29, 1.82) is 0 Å². The van der Waals surface area contributed by atoms with Gasteiger partial charge in [-0.3, -0.25) is 0 Å². The number of hydrogen-bond acceptors (Lipinski definition) is 2. The molecule has 0 bridgehead atoms. The van der Waals surface area contributed by atoms with Gasteiger partial charge in [0.15, 0.2) is 0 Å². The second-order valence-corrected chi connectivity index (χ2v) is 6.95. The molecule has 2 nitrogen and oxygen atoms in total. The summed E-state index contributed by atoms with van der Waals surface area (Å²) in [5, 5.41) is 3.33. The molecule has 2 aliphatic rings. The summed E-state index contributed by atoms with van der Waals surface area (Å²) in [6, 6.07) is 5.06. The molecular formula is C16H21BrFNO. The van der Waals surface area contributed by atoms with E-state index < -0.39 is 0 Å². The summed E-state index contributed by atoms with van der Waals surface area (Å²) in [7, 11) is 0. The van der Waals surface area contributed by atoms with Gasteiger partial charge in [0, 0.05) is 23.1 Å². The van der Waals surface area contributed by atoms with Crippen molar-refractivity contribution < 1.29 is 9.13 Å². The van der Waals surface area contributed by atoms with Gasteiger partial charge in [-0.1, -0.05) is 28.8 Å². The maximum atomic E-state index is 13.6. The summed E-state index contributed by atoms with van der Waals surface area (Å²) < 4.78 is 20.8. The molecule has 1 spiro atoms. The Labute approximate surface area is 128 Å². The van der Waals surface area contributed by atoms with Crippen molar-refractivity contribution in [2.45, 2.75) is 56.8 Å². The van der Waals surface area contributed by atoms with Crippen LogP contribution in [0.2, 0.25) is 0 Å². The van der Waals surface area contributed by atoms with Crippen molar-refractivity contribution in [1.82, 2.24) is 5.32 Å². The Morgan fingerprint density at radius 2 is 2.10 bits per heavy atom. The number of nitrogens with one attached hydrogen (secondary N) is 1. The summed E-state index contributed by atoms with van der Waals surface area (Å²) >= 11 is 3.38. The standard InChI is InChI=1S/C16H21BrFNO/c17-13-3-4-15(18)12(9-13)10-19-11-14-5-8-16(20-14)6-1-2-7-16/h3-4,9,14,19H,1-2,5-8,10-11H2. The van der Waals surface area contributed by atoms with E-state index in [1.807, 2.05) is 6.07 Å². The zero-order valence-electron chi connectivity index (χ0n) is 11.6. The van der Waals surface area contributed by atoms with Crippen LogP contribution in [-0.4, -0.2) is 18.2 Å². The van der Waals surface area contributed by atoms with Crippen LogP contribution in [0.5, 0.6) is 0 Å². The fraction of sp³-hybridized carbons (Fsp3) is 0.625. The van der Waals surface area contributed by atoms with E-state index in [4.69, 9.17) is 4.74 Å². The Morgan fingerprint density at radius 1 is 1.30 bits per heavy atom. The van der Waals surface area contributed by atoms with Gasteiger partial charge in [0.25, 0.3) is 0 Å². The van der Waals surface area contributed by atoms with Crippen molar-refractivity contribution in [2.24, 2.45) is 0 Å². The van der Waals surface area contributed by atoms with Gasteiger partial charge < -0.3 is 10.1 Å². The first-order valence-corrected chi connectivity index (χ1v) is 8.29. The highest BCUT2D eigenvalue weighted by Crippen LogP contribution is 2.43. The molecule has 0 radical (unpaired) electrons. The van der Waals surface area contributed by atoms with Gasteiger partial charge in [-0.2, -0.15) is 0 Å². The number of hydrogen-bond donors (Lipinski definition) is 1. The van der Waals surface area contributed by atoms with Crippen LogP contribution in [-0.2, 0) is 11.3 Å². The van der Waals surface area contributed by atoms with Crippen molar-refractivity contribution in [3.8, 4) is 0 Å². The average molecular weight is 342 g/mol. The lowest BCUT2D eigenvalue weighted by Crippen LogP contribution is -2.31. The predicted octanol–water partition coefficient (Wildman–Crippen LogP) is 4.17. The third-order valence-electron chi connectivity index (χ3n) is 4.55. The molecule has 20 heavy (non-hydrogen) atoms. The number of rotatable bonds is 4. The maximum absolute atomic E-state index is 13.6. The monoisotopic (exact) mass is 341 g/mol. The molecule has 1 aliphatic carbocycles. The molecule has 1 aromatic carbocycles. The molecule has 1 N–H and O–H groups in total. The summed E-state index contributed by atoms with van der Waals surface area (Å²) in [4.78, 5) is 0. The molecule has 1 saturated carbocycles. The largest absolute Gasteiger partial charge is 0.370 e. The summed E-state index contributed by atoms with van der Waals surface area (Å²) in [5.41, 5.74) is 0.890. The van der Waals surface area contributed by atoms with Gasteiger partial charge >= 0.3 is 0 Å². The lowest BCUT2D eigenvalue weighted by atomic mass is 9.98. The fourth-order valence-corrected chi connectivity index (χ4v) is 3.88. The molecule has 0 aromatic heterocycles. The molecule has 1 aliphatic heterocycles. The highest BCUT2D eigenvalue weighted by atomic mass is 79.9. The van der Waals surface area contributed by atoms with E-state index in [1.54, 1.807) is 6.07 Å². The van der Waals surface area contributed by atoms with E-state index in [1.165, 1.54) is 38.2 Å². The zero-order chi connectivity index (χ0) is 14.0. The van der Waals surface area contributed by atoms with Crippen LogP contribution in [0.3, 0.4) is 0 Å². The fourth-order valence-electron chi connectivity index (χ4n) is 3.47. The molecule has 1 heterocycles. The minimum absolute atomic E-state index is 0.152. The first kappa shape index (κ1) is 14.5. The van der Waals surface area contributed by atoms with Gasteiger partial charge in [-0.25, -0.2) is 4.39 Å². The number of ether oxygens (including phenoxy) is 1. The van der Waals surface area contributed by atoms with E-state index in [0.717, 1.165) is 17.4 Å². The third-order valence-corrected chi connectivity index (χ3v) is 5.04. The smallest absolute Gasteiger partial charge is 0.127 e. The summed E-state index contributed by atoms with van der Waals surface area (Å²) in [5.74, 6) is -0.152. The molecule has 4 heteroatoms. The van der Waals surface area contributed by atoms with Gasteiger partial charge in [0.1, 0.15) is 5.82 Å². The normalized spacial score (nSPS) is 24.6. The minimum atomic E-state index is -0.152. The van der Waals surface area contributed by atoms with Gasteiger partial charge in [-0.05, 0) is 43.9 Å². The first-order valence-electron chi connectivity index (χ1n) is 7.49. The minimum Gasteiger partial charge on any atom is -0.370 e. The van der Waals surface area contributed by atoms with Crippen molar-refractivity contribution in [3.63, 3.8) is 0 Å². The van der Waals surface area contributed by atoms with Crippen LogP contribution in [0.25, 0.3) is 0 Å². The molecule has 2 fully saturated rings. The molecule has 3 rings (SSSR count). The Balaban J connectivity index is 1.47. The van der Waals surface area contributed by atoms with Gasteiger partial charge in [0.05, 0.1) is 11.7 Å². The highest BCUT2D eigenvalue weighted by molar-refractivity contribution is 9.10. The average Bonchev–Trinajstić information content (AvgIpc) is 3.05. The SMILES string of the molecule is Fc1ccc(Br)cc1CNCC1CCC2(CCCC2)O1. The topological polar surface area (TPSA) is 21.3 Å². The van der Waals surface area contributed by atoms with Crippen LogP contribution >= 0.6 is 15.9 Å². The highest BCUT2D eigenvalue weighted by Gasteiger charge is 2.41. The molecule has 1 unspecified atom stereocenters. The van der Waals surface area contributed by atoms with Crippen LogP contribution < -0.4 is 5.32 Å². The Hall–Kier alpha value is -0.450. The first-order chi connectivity index (χ1) is 9.67. The van der Waals surface area contributed by atoms with Crippen molar-refractivity contribution in [2.75, 3.05) is 6.54 Å². The summed E-state index contributed by atoms with van der Waals surface area (Å²) in [6.07, 6.45) is 7.70. The van der Waals surface area contributed by atoms with Crippen LogP contribution in [0, 0.1) is 5.82 Å². The van der Waals surface area contributed by atoms with Crippen LogP contribution in [0.15, 0.2) is 22.7 Å². The third kappa shape index (κ3) is 3.23. The molecule has 1 saturated heterocycles. The van der Waals surface area contributed by atoms with Gasteiger partial charge in [-0.15, -0.1) is 0 Å². The lowest BCUT2D eigenvalue weighted by Gasteiger charge is -2.24. The second kappa shape index (κ2) is 6.12. The van der Waals surface area contributed by atoms with E-state index >= 15 is 0 Å². The maximum Gasteiger partial charge on any atom is 0.127 e. The second-order valence-electron chi connectivity index (χ2n) is 6.04. The zero-order valence-corrected chi connectivity index (χ0v) is 13.2. The van der Waals surface area contributed by atoms with E-state index in [2.05, 4.69) is 21.2 Å². The Bertz CT molecular complexity index is 474. The molecular weight excluding hydrogens is 321 g/mol. The lowest BCUT2D eigenvalue weighted by molar-refractivity contribution is -0.0351. The quantitative estimate of drug-likeness (QED) is 0.887. The Kier molecular flexibility index (Phi) is 4.43. The van der Waals surface area contributed by atoms with E-state index in [-0.39, 0.29) is 11.4 Å². The van der Waals surface area contributed by atoms with Crippen molar-refractivity contribution >= 4 is 15.9 Å². The van der Waals surface area contributed by atoms with Crippen LogP contribution in [0.4, 0.5) is 4.39 Å².